The van der Waals surface area contributed by atoms with Crippen molar-refractivity contribution in [2.24, 2.45) is 0 Å². The van der Waals surface area contributed by atoms with Gasteiger partial charge in [0.2, 0.25) is 5.91 Å². The van der Waals surface area contributed by atoms with E-state index >= 15 is 0 Å². The Morgan fingerprint density at radius 2 is 2.05 bits per heavy atom. The molecule has 0 spiro atoms. The predicted octanol–water partition coefficient (Wildman–Crippen LogP) is 1.15. The molecule has 1 saturated heterocycles. The molecule has 2 heterocycles. The van der Waals surface area contributed by atoms with Crippen molar-refractivity contribution >= 4 is 16.8 Å². The van der Waals surface area contributed by atoms with Crippen LogP contribution in [0.15, 0.2) is 35.1 Å². The minimum absolute atomic E-state index is 0.0777. The monoisotopic (exact) mass is 271 g/mol. The van der Waals surface area contributed by atoms with Gasteiger partial charge in [-0.2, -0.15) is 0 Å². The molecule has 20 heavy (non-hydrogen) atoms. The van der Waals surface area contributed by atoms with Crippen LogP contribution < -0.4 is 5.56 Å². The summed E-state index contributed by atoms with van der Waals surface area (Å²) in [5.41, 5.74) is 1.47. The van der Waals surface area contributed by atoms with E-state index in [1.54, 1.807) is 4.90 Å². The zero-order valence-corrected chi connectivity index (χ0v) is 11.4. The van der Waals surface area contributed by atoms with Crippen molar-refractivity contribution in [3.8, 4) is 0 Å². The van der Waals surface area contributed by atoms with Gasteiger partial charge in [0.05, 0.1) is 13.2 Å². The van der Waals surface area contributed by atoms with Crippen molar-refractivity contribution in [2.75, 3.05) is 19.8 Å². The zero-order valence-electron chi connectivity index (χ0n) is 11.4. The quantitative estimate of drug-likeness (QED) is 0.911. The van der Waals surface area contributed by atoms with Crippen LogP contribution in [0.25, 0.3) is 10.9 Å². The van der Waals surface area contributed by atoms with Crippen LogP contribution in [-0.4, -0.2) is 40.4 Å². The van der Waals surface area contributed by atoms with Crippen LogP contribution in [0.5, 0.6) is 0 Å². The first-order valence-corrected chi connectivity index (χ1v) is 6.78. The van der Waals surface area contributed by atoms with Gasteiger partial charge < -0.3 is 9.88 Å². The highest BCUT2D eigenvalue weighted by Crippen LogP contribution is 2.13. The summed E-state index contributed by atoms with van der Waals surface area (Å²) in [5, 5.41) is 1.01. The molecular formula is C15H17N3O2. The number of pyridine rings is 1. The van der Waals surface area contributed by atoms with Gasteiger partial charge in [-0.25, -0.2) is 0 Å². The summed E-state index contributed by atoms with van der Waals surface area (Å²) in [5.74, 6) is 0.129. The van der Waals surface area contributed by atoms with Crippen LogP contribution in [0.4, 0.5) is 0 Å². The molecule has 104 valence electrons. The molecule has 0 unspecified atom stereocenters. The minimum atomic E-state index is -0.0777. The molecule has 1 fully saturated rings. The summed E-state index contributed by atoms with van der Waals surface area (Å²) in [7, 11) is 0. The summed E-state index contributed by atoms with van der Waals surface area (Å²) in [6, 6.07) is 9.62. The maximum Gasteiger partial charge on any atom is 0.252 e. The Labute approximate surface area is 116 Å². The molecule has 0 aliphatic carbocycles. The van der Waals surface area contributed by atoms with Gasteiger partial charge in [-0.3, -0.25) is 14.5 Å². The number of carbonyl (C=O) groups excluding carboxylic acids is 1. The van der Waals surface area contributed by atoms with E-state index in [1.807, 2.05) is 42.2 Å². The second-order valence-corrected chi connectivity index (χ2v) is 5.09. The molecule has 5 heteroatoms. The number of aromatic nitrogens is 1. The average Bonchev–Trinajstić information content (AvgIpc) is 2.79. The topological polar surface area (TPSA) is 56.4 Å². The van der Waals surface area contributed by atoms with Crippen LogP contribution in [0.1, 0.15) is 12.5 Å². The molecule has 1 aromatic heterocycles. The van der Waals surface area contributed by atoms with Gasteiger partial charge >= 0.3 is 0 Å². The smallest absolute Gasteiger partial charge is 0.252 e. The van der Waals surface area contributed by atoms with Crippen LogP contribution in [-0.2, 0) is 11.3 Å². The summed E-state index contributed by atoms with van der Waals surface area (Å²) in [6.07, 6.45) is 0. The molecule has 1 aliphatic heterocycles. The van der Waals surface area contributed by atoms with Gasteiger partial charge in [0, 0.05) is 24.2 Å². The number of amides is 1. The molecular weight excluding hydrogens is 254 g/mol. The van der Waals surface area contributed by atoms with Gasteiger partial charge in [-0.1, -0.05) is 18.2 Å². The van der Waals surface area contributed by atoms with Crippen molar-refractivity contribution in [1.82, 2.24) is 14.8 Å². The minimum Gasteiger partial charge on any atom is -0.329 e. The lowest BCUT2D eigenvalue weighted by atomic mass is 10.1. The summed E-state index contributed by atoms with van der Waals surface area (Å²) >= 11 is 0. The van der Waals surface area contributed by atoms with E-state index < -0.39 is 0 Å². The Morgan fingerprint density at radius 3 is 2.80 bits per heavy atom. The number of hydrogen-bond donors (Lipinski definition) is 1. The van der Waals surface area contributed by atoms with E-state index in [4.69, 9.17) is 0 Å². The third-order valence-corrected chi connectivity index (χ3v) is 3.69. The van der Waals surface area contributed by atoms with Crippen LogP contribution in [0.3, 0.4) is 0 Å². The van der Waals surface area contributed by atoms with E-state index in [-0.39, 0.29) is 11.5 Å². The van der Waals surface area contributed by atoms with Crippen molar-refractivity contribution in [3.63, 3.8) is 0 Å². The van der Waals surface area contributed by atoms with Crippen molar-refractivity contribution in [3.05, 3.63) is 46.2 Å². The number of nitrogens with zero attached hydrogens (tertiary/aromatic N) is 2. The molecule has 0 bridgehead atoms. The number of likely N-dealkylation sites (N-methyl/N-ethyl adjacent to an activating group) is 1. The predicted molar refractivity (Wildman–Crippen MR) is 77.2 cm³/mol. The maximum atomic E-state index is 12.1. The summed E-state index contributed by atoms with van der Waals surface area (Å²) < 4.78 is 0. The van der Waals surface area contributed by atoms with E-state index in [0.29, 0.717) is 31.9 Å². The van der Waals surface area contributed by atoms with E-state index in [2.05, 4.69) is 4.98 Å². The van der Waals surface area contributed by atoms with Gasteiger partial charge in [0.15, 0.2) is 0 Å². The van der Waals surface area contributed by atoms with Gasteiger partial charge in [0.25, 0.3) is 5.56 Å². The normalized spacial score (nSPS) is 16.2. The molecule has 1 amide bonds. The number of para-hydroxylation sites is 1. The van der Waals surface area contributed by atoms with Crippen molar-refractivity contribution < 1.29 is 4.79 Å². The Balaban J connectivity index is 1.86. The molecule has 1 aliphatic rings. The second-order valence-electron chi connectivity index (χ2n) is 5.09. The highest BCUT2D eigenvalue weighted by molar-refractivity contribution is 5.80. The fourth-order valence-electron chi connectivity index (χ4n) is 2.59. The fourth-order valence-corrected chi connectivity index (χ4v) is 2.59. The molecule has 2 aromatic rings. The lowest BCUT2D eigenvalue weighted by Crippen LogP contribution is -2.28. The maximum absolute atomic E-state index is 12.1. The van der Waals surface area contributed by atoms with Gasteiger partial charge in [-0.15, -0.1) is 0 Å². The SMILES string of the molecule is CCN1CN(Cc2cc3ccccc3[nH]c2=O)CC1=O. The summed E-state index contributed by atoms with van der Waals surface area (Å²) in [6.45, 7) is 4.16. The first kappa shape index (κ1) is 12.9. The Bertz CT molecular complexity index is 708. The standard InChI is InChI=1S/C15H17N3O2/c1-2-18-10-17(9-14(18)19)8-12-7-11-5-3-4-6-13(11)16-15(12)20/h3-7H,2,8-10H2,1H3,(H,16,20). The van der Waals surface area contributed by atoms with Crippen LogP contribution >= 0.6 is 0 Å². The first-order valence-electron chi connectivity index (χ1n) is 6.78. The number of aromatic amines is 1. The number of H-pyrrole nitrogens is 1. The third-order valence-electron chi connectivity index (χ3n) is 3.69. The van der Waals surface area contributed by atoms with Gasteiger partial charge in [-0.05, 0) is 24.4 Å². The van der Waals surface area contributed by atoms with Crippen LogP contribution in [0.2, 0.25) is 0 Å². The van der Waals surface area contributed by atoms with E-state index in [0.717, 1.165) is 10.9 Å². The van der Waals surface area contributed by atoms with Crippen molar-refractivity contribution in [1.29, 1.82) is 0 Å². The zero-order chi connectivity index (χ0) is 14.1. The third kappa shape index (κ3) is 2.32. The lowest BCUT2D eigenvalue weighted by Gasteiger charge is -2.16. The number of benzene rings is 1. The molecule has 3 rings (SSSR count). The lowest BCUT2D eigenvalue weighted by molar-refractivity contribution is -0.126. The number of carbonyl (C=O) groups is 1. The first-order chi connectivity index (χ1) is 9.67. The number of nitrogens with one attached hydrogen (secondary N) is 1. The summed E-state index contributed by atoms with van der Waals surface area (Å²) in [4.78, 5) is 30.4. The number of hydrogen-bond acceptors (Lipinski definition) is 3. The molecule has 0 radical (unpaired) electrons. The Kier molecular flexibility index (Phi) is 3.28. The molecule has 1 aromatic carbocycles. The number of rotatable bonds is 3. The van der Waals surface area contributed by atoms with E-state index in [9.17, 15) is 9.59 Å². The Morgan fingerprint density at radius 1 is 1.25 bits per heavy atom. The molecule has 0 saturated carbocycles. The Hall–Kier alpha value is -2.14. The number of fused-ring (bicyclic) bond motifs is 1. The average molecular weight is 271 g/mol. The van der Waals surface area contributed by atoms with Crippen LogP contribution in [0, 0.1) is 0 Å². The highest BCUT2D eigenvalue weighted by Gasteiger charge is 2.26. The van der Waals surface area contributed by atoms with E-state index in [1.165, 1.54) is 0 Å². The van der Waals surface area contributed by atoms with Gasteiger partial charge in [0.1, 0.15) is 0 Å². The second kappa shape index (κ2) is 5.09. The largest absolute Gasteiger partial charge is 0.329 e. The molecule has 5 nitrogen and oxygen atoms in total. The van der Waals surface area contributed by atoms with Crippen molar-refractivity contribution in [2.45, 2.75) is 13.5 Å². The molecule has 1 N–H and O–H groups in total. The molecule has 0 atom stereocenters. The highest BCUT2D eigenvalue weighted by atomic mass is 16.2. The fraction of sp³-hybridized carbons (Fsp3) is 0.333.